The summed E-state index contributed by atoms with van der Waals surface area (Å²) in [5.41, 5.74) is 5.45. The van der Waals surface area contributed by atoms with Crippen LogP contribution in [0.5, 0.6) is 0 Å². The van der Waals surface area contributed by atoms with Gasteiger partial charge in [0.1, 0.15) is 17.6 Å². The number of hydrogen-bond donors (Lipinski definition) is 3. The topological polar surface area (TPSA) is 189 Å². The van der Waals surface area contributed by atoms with Crippen LogP contribution in [0.3, 0.4) is 0 Å². The Balaban J connectivity index is 0.897. The van der Waals surface area contributed by atoms with E-state index in [9.17, 15) is 28.8 Å². The maximum atomic E-state index is 13.1. The van der Waals surface area contributed by atoms with Crippen molar-refractivity contribution in [3.8, 4) is 22.5 Å². The molecule has 0 spiro atoms. The molecule has 0 aliphatic carbocycles. The number of nitrogens with one attached hydrogen (secondary N) is 3. The first-order valence-corrected chi connectivity index (χ1v) is 18.2. The van der Waals surface area contributed by atoms with Gasteiger partial charge in [-0.2, -0.15) is 0 Å². The van der Waals surface area contributed by atoms with E-state index < -0.39 is 29.7 Å². The molecule has 2 aromatic carbocycles. The van der Waals surface area contributed by atoms with Crippen molar-refractivity contribution in [3.05, 3.63) is 95.3 Å². The summed E-state index contributed by atoms with van der Waals surface area (Å²) in [7, 11) is 0. The number of piperidine rings is 1. The molecule has 3 N–H and O–H groups in total. The number of carbonyl (C=O) groups is 6. The predicted octanol–water partition coefficient (Wildman–Crippen LogP) is 3.33. The lowest BCUT2D eigenvalue weighted by atomic mass is 10.0. The van der Waals surface area contributed by atoms with Gasteiger partial charge < -0.3 is 20.1 Å². The molecule has 3 aliphatic rings. The van der Waals surface area contributed by atoms with E-state index in [2.05, 4.69) is 32.4 Å². The Bertz CT molecular complexity index is 2440. The van der Waals surface area contributed by atoms with Gasteiger partial charge in [-0.3, -0.25) is 49.0 Å². The van der Waals surface area contributed by atoms with E-state index in [-0.39, 0.29) is 48.0 Å². The highest BCUT2D eigenvalue weighted by atomic mass is 16.2. The first-order chi connectivity index (χ1) is 26.6. The molecule has 8 rings (SSSR count). The van der Waals surface area contributed by atoms with Crippen LogP contribution in [-0.4, -0.2) is 90.4 Å². The summed E-state index contributed by atoms with van der Waals surface area (Å²) in [4.78, 5) is 92.0. The average molecular weight is 740 g/mol. The molecule has 0 bridgehead atoms. The SMILES string of the molecule is CCc1nc(-c2cccc3cc(-c4ccc(C(=O)NCCNc5ccc6c(c5)C(=O)N(C5CCC(=O)NC5=O)C6=O)nc4)ncc23)c2n1CCN(C(C)=O)C2. The Morgan fingerprint density at radius 2 is 1.75 bits per heavy atom. The molecule has 3 aromatic heterocycles. The quantitative estimate of drug-likeness (QED) is 0.150. The van der Waals surface area contributed by atoms with Gasteiger partial charge in [0.05, 0.1) is 34.8 Å². The zero-order valence-electron chi connectivity index (χ0n) is 30.2. The molecule has 0 saturated carbocycles. The molecule has 278 valence electrons. The Morgan fingerprint density at radius 1 is 0.909 bits per heavy atom. The highest BCUT2D eigenvalue weighted by molar-refractivity contribution is 6.23. The van der Waals surface area contributed by atoms with Crippen molar-refractivity contribution < 1.29 is 28.8 Å². The van der Waals surface area contributed by atoms with E-state index in [4.69, 9.17) is 9.97 Å². The molecule has 1 unspecified atom stereocenters. The van der Waals surface area contributed by atoms with Crippen LogP contribution in [0, 0.1) is 0 Å². The van der Waals surface area contributed by atoms with Crippen LogP contribution >= 0.6 is 0 Å². The number of rotatable bonds is 9. The van der Waals surface area contributed by atoms with Crippen LogP contribution in [0.1, 0.15) is 69.4 Å². The van der Waals surface area contributed by atoms with E-state index >= 15 is 0 Å². The molecule has 1 fully saturated rings. The van der Waals surface area contributed by atoms with Gasteiger partial charge in [-0.05, 0) is 48.2 Å². The van der Waals surface area contributed by atoms with Crippen molar-refractivity contribution >= 4 is 51.9 Å². The number of pyridine rings is 2. The molecule has 6 amide bonds. The van der Waals surface area contributed by atoms with Gasteiger partial charge in [-0.15, -0.1) is 0 Å². The fraction of sp³-hybridized carbons (Fsp3) is 0.275. The number of anilines is 1. The zero-order chi connectivity index (χ0) is 38.4. The number of carbonyl (C=O) groups excluding carboxylic acids is 6. The van der Waals surface area contributed by atoms with Gasteiger partial charge in [-0.25, -0.2) is 4.98 Å². The number of aryl methyl sites for hydroxylation is 1. The number of nitrogens with zero attached hydrogens (tertiary/aromatic N) is 6. The van der Waals surface area contributed by atoms with Gasteiger partial charge in [-0.1, -0.05) is 25.1 Å². The fourth-order valence-corrected chi connectivity index (χ4v) is 7.47. The van der Waals surface area contributed by atoms with Crippen LogP contribution in [0.4, 0.5) is 5.69 Å². The number of amides is 6. The summed E-state index contributed by atoms with van der Waals surface area (Å²) in [5, 5.41) is 10.1. The molecular formula is C40H37N9O6. The molecule has 0 radical (unpaired) electrons. The largest absolute Gasteiger partial charge is 0.383 e. The maximum Gasteiger partial charge on any atom is 0.269 e. The van der Waals surface area contributed by atoms with Crippen molar-refractivity contribution in [2.24, 2.45) is 0 Å². The summed E-state index contributed by atoms with van der Waals surface area (Å²) < 4.78 is 2.23. The lowest BCUT2D eigenvalue weighted by Gasteiger charge is -2.28. The first kappa shape index (κ1) is 35.3. The van der Waals surface area contributed by atoms with E-state index in [1.807, 2.05) is 35.4 Å². The Morgan fingerprint density at radius 3 is 2.51 bits per heavy atom. The van der Waals surface area contributed by atoms with Crippen molar-refractivity contribution in [1.82, 2.24) is 40.0 Å². The van der Waals surface area contributed by atoms with Crippen molar-refractivity contribution in [2.75, 3.05) is 25.0 Å². The molecule has 1 atom stereocenters. The number of hydrogen-bond acceptors (Lipinski definition) is 10. The van der Waals surface area contributed by atoms with Crippen molar-refractivity contribution in [2.45, 2.75) is 52.2 Å². The van der Waals surface area contributed by atoms with Gasteiger partial charge in [0, 0.05) is 80.5 Å². The minimum Gasteiger partial charge on any atom is -0.383 e. The second kappa shape index (κ2) is 14.2. The average Bonchev–Trinajstić information content (AvgIpc) is 3.68. The lowest BCUT2D eigenvalue weighted by molar-refractivity contribution is -0.136. The number of benzene rings is 2. The number of fused-ring (bicyclic) bond motifs is 3. The summed E-state index contributed by atoms with van der Waals surface area (Å²) in [6.45, 7) is 6.14. The molecule has 6 heterocycles. The fourth-order valence-electron chi connectivity index (χ4n) is 7.47. The summed E-state index contributed by atoms with van der Waals surface area (Å²) in [6.07, 6.45) is 4.36. The molecule has 15 heteroatoms. The van der Waals surface area contributed by atoms with E-state index in [1.54, 1.807) is 37.4 Å². The molecule has 5 aromatic rings. The Labute approximate surface area is 315 Å². The molecule has 15 nitrogen and oxygen atoms in total. The summed E-state index contributed by atoms with van der Waals surface area (Å²) >= 11 is 0. The number of imide groups is 2. The van der Waals surface area contributed by atoms with Gasteiger partial charge in [0.2, 0.25) is 17.7 Å². The highest BCUT2D eigenvalue weighted by Crippen LogP contribution is 2.35. The van der Waals surface area contributed by atoms with Crippen LogP contribution in [0.15, 0.2) is 67.0 Å². The molecular weight excluding hydrogens is 702 g/mol. The van der Waals surface area contributed by atoms with Crippen molar-refractivity contribution in [1.29, 1.82) is 0 Å². The third-order valence-corrected chi connectivity index (χ3v) is 10.3. The number of imidazole rings is 1. The second-order valence-corrected chi connectivity index (χ2v) is 13.7. The Hall–Kier alpha value is -6.77. The smallest absolute Gasteiger partial charge is 0.269 e. The Kier molecular flexibility index (Phi) is 9.12. The number of aromatic nitrogens is 4. The molecule has 1 saturated heterocycles. The van der Waals surface area contributed by atoms with Crippen LogP contribution < -0.4 is 16.0 Å². The molecule has 3 aliphatic heterocycles. The lowest BCUT2D eigenvalue weighted by Crippen LogP contribution is -2.54. The molecule has 55 heavy (non-hydrogen) atoms. The van der Waals surface area contributed by atoms with Gasteiger partial charge in [0.15, 0.2) is 0 Å². The third kappa shape index (κ3) is 6.47. The predicted molar refractivity (Wildman–Crippen MR) is 201 cm³/mol. The van der Waals surface area contributed by atoms with Crippen LogP contribution in [0.2, 0.25) is 0 Å². The highest BCUT2D eigenvalue weighted by Gasteiger charge is 2.44. The summed E-state index contributed by atoms with van der Waals surface area (Å²) in [6, 6.07) is 15.2. The van der Waals surface area contributed by atoms with Crippen LogP contribution in [0.25, 0.3) is 33.3 Å². The minimum absolute atomic E-state index is 0.0459. The van der Waals surface area contributed by atoms with E-state index in [0.717, 1.165) is 50.4 Å². The maximum absolute atomic E-state index is 13.1. The summed E-state index contributed by atoms with van der Waals surface area (Å²) in [5.74, 6) is -1.58. The minimum atomic E-state index is -1.03. The van der Waals surface area contributed by atoms with Gasteiger partial charge >= 0.3 is 0 Å². The zero-order valence-corrected chi connectivity index (χ0v) is 30.2. The van der Waals surface area contributed by atoms with E-state index in [1.165, 1.54) is 6.07 Å². The second-order valence-electron chi connectivity index (χ2n) is 13.7. The first-order valence-electron chi connectivity index (χ1n) is 18.2. The normalized spacial score (nSPS) is 16.6. The van der Waals surface area contributed by atoms with Crippen molar-refractivity contribution in [3.63, 3.8) is 0 Å². The third-order valence-electron chi connectivity index (χ3n) is 10.3. The standard InChI is InChI=1S/C40H37N9O6/c1-3-34-45-36(33-21-47(22(2)50)15-16-48(33)34)26-6-4-5-23-17-31(44-20-29(23)26)24-7-10-30(43-19-24)37(52)42-14-13-41-25-8-9-27-28(18-25)40(55)49(39(27)54)32-11-12-35(51)46-38(32)53/h4-10,17-20,32,41H,3,11-16,21H2,1-2H3,(H,42,52)(H,46,51,53). The van der Waals surface area contributed by atoms with Crippen LogP contribution in [-0.2, 0) is 33.9 Å². The van der Waals surface area contributed by atoms with E-state index in [0.29, 0.717) is 37.6 Å². The monoisotopic (exact) mass is 739 g/mol. The van der Waals surface area contributed by atoms with Gasteiger partial charge in [0.25, 0.3) is 17.7 Å².